The van der Waals surface area contributed by atoms with Crippen LogP contribution in [0, 0.1) is 0 Å². The van der Waals surface area contributed by atoms with E-state index < -0.39 is 0 Å². The number of benzene rings is 1. The standard InChI is InChI=1S/C15H22N6O/c1-16-15(17-9-14-18-11-19-21(14)3)20(2)10-12-5-7-13(22-4)8-6-12/h5-8,11H,9-10H2,1-4H3,(H,16,17). The Morgan fingerprint density at radius 1 is 1.36 bits per heavy atom. The average molecular weight is 302 g/mol. The molecular formula is C15H22N6O. The van der Waals surface area contributed by atoms with Crippen LogP contribution in [0.15, 0.2) is 35.6 Å². The zero-order valence-corrected chi connectivity index (χ0v) is 13.4. The van der Waals surface area contributed by atoms with Crippen molar-refractivity contribution in [2.75, 3.05) is 21.2 Å². The molecule has 0 saturated carbocycles. The lowest BCUT2D eigenvalue weighted by atomic mass is 10.2. The topological polar surface area (TPSA) is 67.6 Å². The van der Waals surface area contributed by atoms with Gasteiger partial charge in [0.05, 0.1) is 13.7 Å². The van der Waals surface area contributed by atoms with Crippen molar-refractivity contribution < 1.29 is 4.74 Å². The molecule has 0 fully saturated rings. The Hall–Kier alpha value is -2.57. The minimum Gasteiger partial charge on any atom is -0.497 e. The van der Waals surface area contributed by atoms with Gasteiger partial charge in [-0.3, -0.25) is 9.67 Å². The first-order valence-corrected chi connectivity index (χ1v) is 7.01. The molecule has 0 atom stereocenters. The quantitative estimate of drug-likeness (QED) is 0.660. The highest BCUT2D eigenvalue weighted by Crippen LogP contribution is 2.12. The number of aryl methyl sites for hydroxylation is 1. The third-order valence-electron chi connectivity index (χ3n) is 3.36. The van der Waals surface area contributed by atoms with Gasteiger partial charge in [0.1, 0.15) is 17.9 Å². The Kier molecular flexibility index (Phi) is 5.35. The van der Waals surface area contributed by atoms with Crippen molar-refractivity contribution in [1.82, 2.24) is 25.0 Å². The highest BCUT2D eigenvalue weighted by Gasteiger charge is 2.08. The molecular weight excluding hydrogens is 280 g/mol. The maximum Gasteiger partial charge on any atom is 0.194 e. The SMILES string of the molecule is CN=C(NCc1ncnn1C)N(C)Cc1ccc(OC)cc1. The first kappa shape index (κ1) is 15.8. The molecule has 0 aliphatic rings. The third kappa shape index (κ3) is 3.97. The molecule has 1 aromatic heterocycles. The predicted molar refractivity (Wildman–Crippen MR) is 85.7 cm³/mol. The van der Waals surface area contributed by atoms with Gasteiger partial charge >= 0.3 is 0 Å². The normalized spacial score (nSPS) is 11.4. The first-order valence-electron chi connectivity index (χ1n) is 7.01. The molecule has 2 aromatic rings. The van der Waals surface area contributed by atoms with Gasteiger partial charge in [-0.15, -0.1) is 0 Å². The van der Waals surface area contributed by atoms with Gasteiger partial charge in [0.2, 0.25) is 0 Å². The number of aromatic nitrogens is 3. The number of hydrogen-bond donors (Lipinski definition) is 1. The van der Waals surface area contributed by atoms with E-state index in [4.69, 9.17) is 4.74 Å². The first-order chi connectivity index (χ1) is 10.6. The van der Waals surface area contributed by atoms with Gasteiger partial charge in [-0.1, -0.05) is 12.1 Å². The molecule has 0 aliphatic carbocycles. The van der Waals surface area contributed by atoms with Crippen molar-refractivity contribution in [2.24, 2.45) is 12.0 Å². The number of nitrogens with zero attached hydrogens (tertiary/aromatic N) is 5. The van der Waals surface area contributed by atoms with Crippen LogP contribution in [0.3, 0.4) is 0 Å². The number of aliphatic imine (C=N–C) groups is 1. The molecule has 0 bridgehead atoms. The molecule has 7 nitrogen and oxygen atoms in total. The Bertz CT molecular complexity index is 619. The molecule has 0 amide bonds. The summed E-state index contributed by atoms with van der Waals surface area (Å²) in [6.45, 7) is 1.33. The van der Waals surface area contributed by atoms with E-state index in [-0.39, 0.29) is 0 Å². The fourth-order valence-corrected chi connectivity index (χ4v) is 2.10. The molecule has 1 N–H and O–H groups in total. The van der Waals surface area contributed by atoms with E-state index in [1.165, 1.54) is 5.56 Å². The number of rotatable bonds is 5. The minimum atomic E-state index is 0.579. The van der Waals surface area contributed by atoms with Gasteiger partial charge in [-0.2, -0.15) is 5.10 Å². The minimum absolute atomic E-state index is 0.579. The van der Waals surface area contributed by atoms with Crippen LogP contribution < -0.4 is 10.1 Å². The number of guanidine groups is 1. The van der Waals surface area contributed by atoms with E-state index in [0.717, 1.165) is 24.1 Å². The Labute approximate surface area is 130 Å². The lowest BCUT2D eigenvalue weighted by Crippen LogP contribution is -2.38. The van der Waals surface area contributed by atoms with Crippen LogP contribution in [0.1, 0.15) is 11.4 Å². The van der Waals surface area contributed by atoms with Crippen molar-refractivity contribution >= 4 is 5.96 Å². The molecule has 0 saturated heterocycles. The van der Waals surface area contributed by atoms with Crippen molar-refractivity contribution in [2.45, 2.75) is 13.1 Å². The fourth-order valence-electron chi connectivity index (χ4n) is 2.10. The summed E-state index contributed by atoms with van der Waals surface area (Å²) < 4.78 is 6.91. The number of ether oxygens (including phenoxy) is 1. The third-order valence-corrected chi connectivity index (χ3v) is 3.36. The summed E-state index contributed by atoms with van der Waals surface area (Å²) in [6.07, 6.45) is 1.54. The smallest absolute Gasteiger partial charge is 0.194 e. The van der Waals surface area contributed by atoms with Crippen LogP contribution in [0.5, 0.6) is 5.75 Å². The van der Waals surface area contributed by atoms with E-state index >= 15 is 0 Å². The van der Waals surface area contributed by atoms with Gasteiger partial charge in [0.15, 0.2) is 5.96 Å². The molecule has 7 heteroatoms. The van der Waals surface area contributed by atoms with Crippen LogP contribution in [-0.4, -0.2) is 46.8 Å². The van der Waals surface area contributed by atoms with Crippen LogP contribution in [0.25, 0.3) is 0 Å². The van der Waals surface area contributed by atoms with Gasteiger partial charge < -0.3 is 15.0 Å². The second-order valence-corrected chi connectivity index (χ2v) is 4.90. The lowest BCUT2D eigenvalue weighted by molar-refractivity contribution is 0.414. The lowest BCUT2D eigenvalue weighted by Gasteiger charge is -2.22. The van der Waals surface area contributed by atoms with Gasteiger partial charge in [-0.05, 0) is 17.7 Å². The molecule has 118 valence electrons. The van der Waals surface area contributed by atoms with Gasteiger partial charge in [0.25, 0.3) is 0 Å². The van der Waals surface area contributed by atoms with Crippen LogP contribution in [0.4, 0.5) is 0 Å². The molecule has 0 spiro atoms. The average Bonchev–Trinajstić information content (AvgIpc) is 2.94. The van der Waals surface area contributed by atoms with E-state index in [1.807, 2.05) is 38.4 Å². The van der Waals surface area contributed by atoms with Crippen molar-refractivity contribution in [3.63, 3.8) is 0 Å². The van der Waals surface area contributed by atoms with Gasteiger partial charge in [-0.25, -0.2) is 4.98 Å². The van der Waals surface area contributed by atoms with E-state index in [9.17, 15) is 0 Å². The number of methoxy groups -OCH3 is 1. The Morgan fingerprint density at radius 3 is 2.64 bits per heavy atom. The summed E-state index contributed by atoms with van der Waals surface area (Å²) >= 11 is 0. The summed E-state index contributed by atoms with van der Waals surface area (Å²) in [4.78, 5) is 10.5. The van der Waals surface area contributed by atoms with E-state index in [1.54, 1.807) is 25.2 Å². The molecule has 2 rings (SSSR count). The number of nitrogens with one attached hydrogen (secondary N) is 1. The van der Waals surface area contributed by atoms with E-state index in [2.05, 4.69) is 25.3 Å². The Morgan fingerprint density at radius 2 is 2.09 bits per heavy atom. The summed E-state index contributed by atoms with van der Waals surface area (Å²) in [5, 5.41) is 7.33. The fraction of sp³-hybridized carbons (Fsp3) is 0.400. The van der Waals surface area contributed by atoms with Gasteiger partial charge in [0, 0.05) is 27.7 Å². The summed E-state index contributed by atoms with van der Waals surface area (Å²) in [5.41, 5.74) is 1.19. The van der Waals surface area contributed by atoms with Crippen LogP contribution >= 0.6 is 0 Å². The molecule has 1 aromatic carbocycles. The second-order valence-electron chi connectivity index (χ2n) is 4.90. The van der Waals surface area contributed by atoms with Crippen molar-refractivity contribution in [3.8, 4) is 5.75 Å². The van der Waals surface area contributed by atoms with Crippen LogP contribution in [-0.2, 0) is 20.1 Å². The number of hydrogen-bond acceptors (Lipinski definition) is 4. The monoisotopic (exact) mass is 302 g/mol. The zero-order chi connectivity index (χ0) is 15.9. The molecule has 0 aliphatic heterocycles. The molecule has 1 heterocycles. The highest BCUT2D eigenvalue weighted by molar-refractivity contribution is 5.79. The zero-order valence-electron chi connectivity index (χ0n) is 13.4. The summed E-state index contributed by atoms with van der Waals surface area (Å²) in [5.74, 6) is 2.52. The highest BCUT2D eigenvalue weighted by atomic mass is 16.5. The van der Waals surface area contributed by atoms with Crippen molar-refractivity contribution in [1.29, 1.82) is 0 Å². The largest absolute Gasteiger partial charge is 0.497 e. The maximum absolute atomic E-state index is 5.17. The second kappa shape index (κ2) is 7.44. The molecule has 0 unspecified atom stereocenters. The van der Waals surface area contributed by atoms with Crippen LogP contribution in [0.2, 0.25) is 0 Å². The van der Waals surface area contributed by atoms with E-state index in [0.29, 0.717) is 6.54 Å². The predicted octanol–water partition coefficient (Wildman–Crippen LogP) is 1.03. The Balaban J connectivity index is 1.93. The maximum atomic E-state index is 5.17. The molecule has 22 heavy (non-hydrogen) atoms. The summed E-state index contributed by atoms with van der Waals surface area (Å²) in [7, 11) is 7.30. The van der Waals surface area contributed by atoms with Crippen molar-refractivity contribution in [3.05, 3.63) is 42.0 Å². The summed E-state index contributed by atoms with van der Waals surface area (Å²) in [6, 6.07) is 8.01. The molecule has 0 radical (unpaired) electrons.